The second-order valence-corrected chi connectivity index (χ2v) is 10.7. The van der Waals surface area contributed by atoms with Crippen LogP contribution < -0.4 is 5.32 Å². The summed E-state index contributed by atoms with van der Waals surface area (Å²) in [5.74, 6) is -0.749. The van der Waals surface area contributed by atoms with E-state index in [2.05, 4.69) is 5.32 Å². The van der Waals surface area contributed by atoms with Crippen molar-refractivity contribution in [2.75, 3.05) is 13.6 Å². The highest BCUT2D eigenvalue weighted by atomic mass is 32.2. The van der Waals surface area contributed by atoms with Gasteiger partial charge in [-0.15, -0.1) is 0 Å². The Morgan fingerprint density at radius 3 is 2.15 bits per heavy atom. The SMILES string of the molecule is CC(C)NC(=O)C(C)N(Cc1ccccc1)C(=O)CN(C)S(=O)(=O)c1ccc2ccccc2c1. The van der Waals surface area contributed by atoms with E-state index in [0.717, 1.165) is 20.6 Å². The normalized spacial score (nSPS) is 12.6. The molecule has 3 rings (SSSR count). The molecule has 34 heavy (non-hydrogen) atoms. The Hall–Kier alpha value is -3.23. The number of rotatable bonds is 9. The minimum atomic E-state index is -3.91. The van der Waals surface area contributed by atoms with E-state index in [-0.39, 0.29) is 29.9 Å². The highest BCUT2D eigenvalue weighted by molar-refractivity contribution is 7.89. The van der Waals surface area contributed by atoms with Crippen LogP contribution >= 0.6 is 0 Å². The first-order valence-electron chi connectivity index (χ1n) is 11.2. The van der Waals surface area contributed by atoms with Crippen LogP contribution in [0.1, 0.15) is 26.3 Å². The van der Waals surface area contributed by atoms with Gasteiger partial charge in [0.2, 0.25) is 21.8 Å². The third-order valence-corrected chi connectivity index (χ3v) is 7.38. The average molecular weight is 482 g/mol. The molecular weight excluding hydrogens is 450 g/mol. The summed E-state index contributed by atoms with van der Waals surface area (Å²) in [4.78, 5) is 27.5. The third-order valence-electron chi connectivity index (χ3n) is 5.58. The minimum Gasteiger partial charge on any atom is -0.352 e. The van der Waals surface area contributed by atoms with Gasteiger partial charge in [0.05, 0.1) is 11.4 Å². The maximum absolute atomic E-state index is 13.3. The number of fused-ring (bicyclic) bond motifs is 1. The van der Waals surface area contributed by atoms with Gasteiger partial charge < -0.3 is 10.2 Å². The molecule has 1 unspecified atom stereocenters. The van der Waals surface area contributed by atoms with E-state index in [1.54, 1.807) is 25.1 Å². The number of amides is 2. The summed E-state index contributed by atoms with van der Waals surface area (Å²) < 4.78 is 27.5. The van der Waals surface area contributed by atoms with Crippen molar-refractivity contribution in [1.29, 1.82) is 0 Å². The molecule has 3 aromatic carbocycles. The zero-order valence-electron chi connectivity index (χ0n) is 19.9. The molecule has 0 radical (unpaired) electrons. The number of benzene rings is 3. The van der Waals surface area contributed by atoms with E-state index in [0.29, 0.717) is 0 Å². The summed E-state index contributed by atoms with van der Waals surface area (Å²) in [5.41, 5.74) is 0.847. The maximum atomic E-state index is 13.3. The fourth-order valence-electron chi connectivity index (χ4n) is 3.64. The Kier molecular flexibility index (Phi) is 8.06. The highest BCUT2D eigenvalue weighted by Crippen LogP contribution is 2.21. The number of nitrogens with zero attached hydrogens (tertiary/aromatic N) is 2. The number of hydrogen-bond acceptors (Lipinski definition) is 4. The largest absolute Gasteiger partial charge is 0.352 e. The molecule has 2 amide bonds. The smallest absolute Gasteiger partial charge is 0.243 e. The lowest BCUT2D eigenvalue weighted by atomic mass is 10.1. The van der Waals surface area contributed by atoms with Gasteiger partial charge >= 0.3 is 0 Å². The third kappa shape index (κ3) is 6.01. The molecule has 0 heterocycles. The van der Waals surface area contributed by atoms with Crippen LogP contribution in [-0.4, -0.2) is 55.1 Å². The summed E-state index contributed by atoms with van der Waals surface area (Å²) in [5, 5.41) is 4.55. The Labute approximate surface area is 201 Å². The number of carbonyl (C=O) groups is 2. The molecule has 1 N–H and O–H groups in total. The summed E-state index contributed by atoms with van der Waals surface area (Å²) in [6.45, 7) is 5.14. The van der Waals surface area contributed by atoms with Gasteiger partial charge in [0.15, 0.2) is 0 Å². The second-order valence-electron chi connectivity index (χ2n) is 8.62. The van der Waals surface area contributed by atoms with Crippen LogP contribution in [0.2, 0.25) is 0 Å². The average Bonchev–Trinajstić information content (AvgIpc) is 2.81. The molecule has 0 aliphatic heterocycles. The van der Waals surface area contributed by atoms with Crippen molar-refractivity contribution < 1.29 is 18.0 Å². The molecule has 1 atom stereocenters. The molecule has 0 aliphatic carbocycles. The first-order chi connectivity index (χ1) is 16.1. The van der Waals surface area contributed by atoms with Crippen molar-refractivity contribution in [2.24, 2.45) is 0 Å². The second kappa shape index (κ2) is 10.8. The van der Waals surface area contributed by atoms with Crippen LogP contribution in [0.5, 0.6) is 0 Å². The van der Waals surface area contributed by atoms with Gasteiger partial charge in [-0.25, -0.2) is 8.42 Å². The van der Waals surface area contributed by atoms with E-state index in [9.17, 15) is 18.0 Å². The molecule has 0 spiro atoms. The number of likely N-dealkylation sites (N-methyl/N-ethyl adjacent to an activating group) is 1. The van der Waals surface area contributed by atoms with Gasteiger partial charge in [-0.1, -0.05) is 60.7 Å². The Morgan fingerprint density at radius 1 is 0.882 bits per heavy atom. The molecule has 0 aliphatic rings. The molecule has 0 fully saturated rings. The van der Waals surface area contributed by atoms with Crippen molar-refractivity contribution in [3.8, 4) is 0 Å². The Balaban J connectivity index is 1.83. The van der Waals surface area contributed by atoms with Crippen LogP contribution in [0.4, 0.5) is 0 Å². The molecular formula is C26H31N3O4S. The fraction of sp³-hybridized carbons (Fsp3) is 0.308. The molecule has 180 valence electrons. The van der Waals surface area contributed by atoms with Gasteiger partial charge in [0, 0.05) is 19.6 Å². The molecule has 0 aromatic heterocycles. The van der Waals surface area contributed by atoms with Gasteiger partial charge in [0.25, 0.3) is 0 Å². The first-order valence-corrected chi connectivity index (χ1v) is 12.6. The highest BCUT2D eigenvalue weighted by Gasteiger charge is 2.30. The molecule has 3 aromatic rings. The lowest BCUT2D eigenvalue weighted by Crippen LogP contribution is -2.51. The fourth-order valence-corrected chi connectivity index (χ4v) is 4.80. The van der Waals surface area contributed by atoms with Gasteiger partial charge in [-0.2, -0.15) is 4.31 Å². The van der Waals surface area contributed by atoms with E-state index in [1.165, 1.54) is 11.9 Å². The molecule has 8 heteroatoms. The number of hydrogen-bond donors (Lipinski definition) is 1. The Morgan fingerprint density at radius 2 is 1.50 bits per heavy atom. The molecule has 7 nitrogen and oxygen atoms in total. The first kappa shape index (κ1) is 25.4. The van der Waals surface area contributed by atoms with Crippen molar-refractivity contribution in [3.63, 3.8) is 0 Å². The van der Waals surface area contributed by atoms with E-state index < -0.39 is 22.0 Å². The van der Waals surface area contributed by atoms with Crippen LogP contribution in [-0.2, 0) is 26.2 Å². The maximum Gasteiger partial charge on any atom is 0.243 e. The topological polar surface area (TPSA) is 86.8 Å². The van der Waals surface area contributed by atoms with E-state index in [4.69, 9.17) is 0 Å². The van der Waals surface area contributed by atoms with Gasteiger partial charge in [0.1, 0.15) is 6.04 Å². The van der Waals surface area contributed by atoms with Crippen LogP contribution in [0.3, 0.4) is 0 Å². The monoisotopic (exact) mass is 481 g/mol. The minimum absolute atomic E-state index is 0.0837. The van der Waals surface area contributed by atoms with Gasteiger partial charge in [-0.3, -0.25) is 9.59 Å². The number of nitrogens with one attached hydrogen (secondary N) is 1. The van der Waals surface area contributed by atoms with Crippen LogP contribution in [0.25, 0.3) is 10.8 Å². The zero-order valence-corrected chi connectivity index (χ0v) is 20.7. The van der Waals surface area contributed by atoms with Crippen molar-refractivity contribution >= 4 is 32.6 Å². The molecule has 0 saturated carbocycles. The quantitative estimate of drug-likeness (QED) is 0.508. The van der Waals surface area contributed by atoms with Crippen molar-refractivity contribution in [1.82, 2.24) is 14.5 Å². The van der Waals surface area contributed by atoms with E-state index in [1.807, 2.05) is 68.4 Å². The summed E-state index contributed by atoms with van der Waals surface area (Å²) >= 11 is 0. The summed E-state index contributed by atoms with van der Waals surface area (Å²) in [6, 6.07) is 20.8. The lowest BCUT2D eigenvalue weighted by molar-refractivity contribution is -0.140. The van der Waals surface area contributed by atoms with Gasteiger partial charge in [-0.05, 0) is 49.2 Å². The number of carbonyl (C=O) groups excluding carboxylic acids is 2. The predicted octanol–water partition coefficient (Wildman–Crippen LogP) is 3.40. The molecule has 0 saturated heterocycles. The summed E-state index contributed by atoms with van der Waals surface area (Å²) in [7, 11) is -2.53. The number of sulfonamides is 1. The zero-order chi connectivity index (χ0) is 24.9. The predicted molar refractivity (Wildman–Crippen MR) is 133 cm³/mol. The lowest BCUT2D eigenvalue weighted by Gasteiger charge is -2.30. The van der Waals surface area contributed by atoms with E-state index >= 15 is 0 Å². The standard InChI is InChI=1S/C26H31N3O4S/c1-19(2)27-26(31)20(3)29(17-21-10-6-5-7-11-21)25(30)18-28(4)34(32,33)24-15-14-22-12-8-9-13-23(22)16-24/h5-16,19-20H,17-18H2,1-4H3,(H,27,31). The Bertz CT molecular complexity index is 1260. The van der Waals surface area contributed by atoms with Crippen molar-refractivity contribution in [2.45, 2.75) is 44.3 Å². The van der Waals surface area contributed by atoms with Crippen LogP contribution in [0, 0.1) is 0 Å². The summed E-state index contributed by atoms with van der Waals surface area (Å²) in [6.07, 6.45) is 0. The van der Waals surface area contributed by atoms with Crippen molar-refractivity contribution in [3.05, 3.63) is 78.4 Å². The van der Waals surface area contributed by atoms with Crippen LogP contribution in [0.15, 0.2) is 77.7 Å². The molecule has 0 bridgehead atoms.